The van der Waals surface area contributed by atoms with Crippen LogP contribution < -0.4 is 5.32 Å². The molecule has 0 heterocycles. The molecule has 1 amide bonds. The predicted molar refractivity (Wildman–Crippen MR) is 82.9 cm³/mol. The molecule has 0 fully saturated rings. The first kappa shape index (κ1) is 13.8. The molecule has 0 radical (unpaired) electrons. The number of hydrogen-bond donors (Lipinski definition) is 1. The lowest BCUT2D eigenvalue weighted by Crippen LogP contribution is -2.20. The lowest BCUT2D eigenvalue weighted by molar-refractivity contribution is -0.116. The van der Waals surface area contributed by atoms with Crippen molar-refractivity contribution in [1.82, 2.24) is 5.32 Å². The Bertz CT molecular complexity index is 585. The quantitative estimate of drug-likeness (QED) is 0.648. The summed E-state index contributed by atoms with van der Waals surface area (Å²) in [4.78, 5) is 11.6. The summed E-state index contributed by atoms with van der Waals surface area (Å²) in [5.41, 5.74) is 2.20. The molecule has 0 aromatic heterocycles. The van der Waals surface area contributed by atoms with E-state index in [1.165, 1.54) is 6.08 Å². The van der Waals surface area contributed by atoms with E-state index in [9.17, 15) is 4.79 Å². The number of allylic oxidation sites excluding steroid dienone is 2. The summed E-state index contributed by atoms with van der Waals surface area (Å²) in [6.45, 7) is 0.548. The lowest BCUT2D eigenvalue weighted by atomic mass is 10.2. The van der Waals surface area contributed by atoms with Crippen LogP contribution in [0.25, 0.3) is 6.08 Å². The average Bonchev–Trinajstić information content (AvgIpc) is 2.52. The third-order valence-corrected chi connectivity index (χ3v) is 2.76. The molecule has 0 aliphatic heterocycles. The topological polar surface area (TPSA) is 29.1 Å². The molecule has 0 spiro atoms. The number of carbonyl (C=O) groups is 1. The Morgan fingerprint density at radius 2 is 1.55 bits per heavy atom. The van der Waals surface area contributed by atoms with Crippen molar-refractivity contribution < 1.29 is 4.79 Å². The molecule has 1 N–H and O–H groups in total. The summed E-state index contributed by atoms with van der Waals surface area (Å²) >= 11 is 0. The third-order valence-electron chi connectivity index (χ3n) is 2.76. The molecule has 0 saturated carbocycles. The van der Waals surface area contributed by atoms with Crippen LogP contribution in [-0.2, 0) is 11.3 Å². The zero-order valence-electron chi connectivity index (χ0n) is 11.2. The lowest BCUT2D eigenvalue weighted by Gasteiger charge is -2.01. The van der Waals surface area contributed by atoms with Gasteiger partial charge in [-0.3, -0.25) is 4.79 Å². The normalized spacial score (nSPS) is 11.0. The van der Waals surface area contributed by atoms with Gasteiger partial charge in [0.25, 0.3) is 0 Å². The third kappa shape index (κ3) is 4.94. The van der Waals surface area contributed by atoms with Crippen molar-refractivity contribution >= 4 is 12.0 Å². The van der Waals surface area contributed by atoms with Gasteiger partial charge in [-0.05, 0) is 11.1 Å². The second-order valence-corrected chi connectivity index (χ2v) is 4.33. The highest BCUT2D eigenvalue weighted by Gasteiger charge is 1.94. The van der Waals surface area contributed by atoms with Gasteiger partial charge in [-0.2, -0.15) is 0 Å². The van der Waals surface area contributed by atoms with E-state index in [1.54, 1.807) is 6.08 Å². The van der Waals surface area contributed by atoms with E-state index in [0.717, 1.165) is 11.1 Å². The highest BCUT2D eigenvalue weighted by Crippen LogP contribution is 2.01. The molecule has 20 heavy (non-hydrogen) atoms. The first-order chi connectivity index (χ1) is 9.84. The highest BCUT2D eigenvalue weighted by molar-refractivity contribution is 5.87. The number of nitrogens with one attached hydrogen (secondary N) is 1. The SMILES string of the molecule is O=C(/C=C/C=C/c1ccccc1)NCc1ccccc1. The van der Waals surface area contributed by atoms with Gasteiger partial charge in [-0.15, -0.1) is 0 Å². The summed E-state index contributed by atoms with van der Waals surface area (Å²) in [7, 11) is 0. The van der Waals surface area contributed by atoms with Crippen molar-refractivity contribution in [2.24, 2.45) is 0 Å². The van der Waals surface area contributed by atoms with Gasteiger partial charge in [0.15, 0.2) is 0 Å². The fourth-order valence-electron chi connectivity index (χ4n) is 1.72. The van der Waals surface area contributed by atoms with E-state index in [0.29, 0.717) is 6.54 Å². The molecule has 2 aromatic rings. The largest absolute Gasteiger partial charge is 0.348 e. The van der Waals surface area contributed by atoms with E-state index < -0.39 is 0 Å². The Labute approximate surface area is 119 Å². The Kier molecular flexibility index (Phi) is 5.35. The van der Waals surface area contributed by atoms with Crippen molar-refractivity contribution in [1.29, 1.82) is 0 Å². The maximum absolute atomic E-state index is 11.6. The zero-order valence-corrected chi connectivity index (χ0v) is 11.2. The van der Waals surface area contributed by atoms with Crippen molar-refractivity contribution in [3.63, 3.8) is 0 Å². The number of hydrogen-bond acceptors (Lipinski definition) is 1. The van der Waals surface area contributed by atoms with Crippen LogP contribution in [0.5, 0.6) is 0 Å². The van der Waals surface area contributed by atoms with Gasteiger partial charge in [0.1, 0.15) is 0 Å². The minimum absolute atomic E-state index is 0.0911. The second-order valence-electron chi connectivity index (χ2n) is 4.33. The molecule has 0 bridgehead atoms. The van der Waals surface area contributed by atoms with Gasteiger partial charge in [-0.25, -0.2) is 0 Å². The fraction of sp³-hybridized carbons (Fsp3) is 0.0556. The van der Waals surface area contributed by atoms with Gasteiger partial charge in [0.05, 0.1) is 0 Å². The Morgan fingerprint density at radius 3 is 2.25 bits per heavy atom. The van der Waals surface area contributed by atoms with Gasteiger partial charge in [0, 0.05) is 12.6 Å². The van der Waals surface area contributed by atoms with Gasteiger partial charge >= 0.3 is 0 Å². The molecule has 2 aromatic carbocycles. The number of benzene rings is 2. The van der Waals surface area contributed by atoms with Crippen molar-refractivity contribution in [3.05, 3.63) is 90.0 Å². The van der Waals surface area contributed by atoms with Crippen LogP contribution in [0.3, 0.4) is 0 Å². The molecular formula is C18H17NO. The number of carbonyl (C=O) groups excluding carboxylic acids is 1. The van der Waals surface area contributed by atoms with Crippen molar-refractivity contribution in [2.45, 2.75) is 6.54 Å². The number of amides is 1. The predicted octanol–water partition coefficient (Wildman–Crippen LogP) is 3.57. The van der Waals surface area contributed by atoms with E-state index >= 15 is 0 Å². The maximum atomic E-state index is 11.6. The van der Waals surface area contributed by atoms with Crippen LogP contribution in [0.4, 0.5) is 0 Å². The smallest absolute Gasteiger partial charge is 0.244 e. The van der Waals surface area contributed by atoms with E-state index in [4.69, 9.17) is 0 Å². The molecule has 0 unspecified atom stereocenters. The first-order valence-electron chi connectivity index (χ1n) is 6.56. The molecule has 0 saturated heterocycles. The fourth-order valence-corrected chi connectivity index (χ4v) is 1.72. The van der Waals surface area contributed by atoms with Gasteiger partial charge < -0.3 is 5.32 Å². The Morgan fingerprint density at radius 1 is 0.900 bits per heavy atom. The zero-order chi connectivity index (χ0) is 14.0. The Balaban J connectivity index is 1.77. The minimum Gasteiger partial charge on any atom is -0.348 e. The summed E-state index contributed by atoms with van der Waals surface area (Å²) in [5.74, 6) is -0.0911. The van der Waals surface area contributed by atoms with Crippen LogP contribution in [0.1, 0.15) is 11.1 Å². The van der Waals surface area contributed by atoms with Crippen LogP contribution >= 0.6 is 0 Å². The van der Waals surface area contributed by atoms with Crippen LogP contribution in [-0.4, -0.2) is 5.91 Å². The monoisotopic (exact) mass is 263 g/mol. The maximum Gasteiger partial charge on any atom is 0.244 e. The van der Waals surface area contributed by atoms with Crippen molar-refractivity contribution in [2.75, 3.05) is 0 Å². The molecule has 2 heteroatoms. The first-order valence-corrected chi connectivity index (χ1v) is 6.56. The average molecular weight is 263 g/mol. The highest BCUT2D eigenvalue weighted by atomic mass is 16.1. The molecule has 0 aliphatic carbocycles. The van der Waals surface area contributed by atoms with E-state index in [-0.39, 0.29) is 5.91 Å². The summed E-state index contributed by atoms with van der Waals surface area (Å²) in [5, 5.41) is 2.84. The Hall–Kier alpha value is -2.61. The number of rotatable bonds is 5. The summed E-state index contributed by atoms with van der Waals surface area (Å²) in [6, 6.07) is 19.8. The van der Waals surface area contributed by atoms with Crippen LogP contribution in [0.15, 0.2) is 78.9 Å². The van der Waals surface area contributed by atoms with Crippen LogP contribution in [0, 0.1) is 0 Å². The van der Waals surface area contributed by atoms with Crippen LogP contribution in [0.2, 0.25) is 0 Å². The molecule has 100 valence electrons. The molecule has 0 aliphatic rings. The van der Waals surface area contributed by atoms with Crippen molar-refractivity contribution in [3.8, 4) is 0 Å². The summed E-state index contributed by atoms with van der Waals surface area (Å²) < 4.78 is 0. The van der Waals surface area contributed by atoms with Gasteiger partial charge in [-0.1, -0.05) is 78.9 Å². The molecule has 2 nitrogen and oxygen atoms in total. The summed E-state index contributed by atoms with van der Waals surface area (Å²) in [6.07, 6.45) is 7.09. The minimum atomic E-state index is -0.0911. The standard InChI is InChI=1S/C18H17NO/c20-18(19-15-17-12-5-2-6-13-17)14-8-7-11-16-9-3-1-4-10-16/h1-14H,15H2,(H,19,20)/b11-7+,14-8+. The van der Waals surface area contributed by atoms with E-state index in [1.807, 2.05) is 72.8 Å². The molecular weight excluding hydrogens is 246 g/mol. The molecule has 2 rings (SSSR count). The van der Waals surface area contributed by atoms with Gasteiger partial charge in [0.2, 0.25) is 5.91 Å². The van der Waals surface area contributed by atoms with E-state index in [2.05, 4.69) is 5.32 Å². The molecule has 0 atom stereocenters. The second kappa shape index (κ2) is 7.74.